The second-order valence-corrected chi connectivity index (χ2v) is 8.58. The second kappa shape index (κ2) is 7.87. The number of carbonyl (C=O) groups excluding carboxylic acids is 1. The largest absolute Gasteiger partial charge is 0.573 e. The zero-order valence-electron chi connectivity index (χ0n) is 15.3. The molecule has 1 aromatic carbocycles. The van der Waals surface area contributed by atoms with Crippen molar-refractivity contribution in [1.29, 1.82) is 0 Å². The summed E-state index contributed by atoms with van der Waals surface area (Å²) in [6, 6.07) is 4.61. The van der Waals surface area contributed by atoms with Crippen LogP contribution in [0, 0.1) is 0 Å². The molecule has 0 aliphatic heterocycles. The topological polar surface area (TPSA) is 132 Å². The van der Waals surface area contributed by atoms with Gasteiger partial charge in [-0.05, 0) is 44.2 Å². The zero-order chi connectivity index (χ0) is 22.0. The number of aliphatic hydroxyl groups is 1. The predicted molar refractivity (Wildman–Crippen MR) is 95.9 cm³/mol. The smallest absolute Gasteiger partial charge is 0.406 e. The third-order valence-corrected chi connectivity index (χ3v) is 5.20. The Bertz CT molecular complexity index is 1000. The van der Waals surface area contributed by atoms with E-state index in [-0.39, 0.29) is 27.7 Å². The summed E-state index contributed by atoms with van der Waals surface area (Å²) in [5, 5.41) is 12.0. The lowest BCUT2D eigenvalue weighted by Gasteiger charge is -2.17. The highest BCUT2D eigenvalue weighted by Crippen LogP contribution is 2.27. The van der Waals surface area contributed by atoms with E-state index in [1.54, 1.807) is 0 Å². The van der Waals surface area contributed by atoms with E-state index in [0.717, 1.165) is 36.5 Å². The first-order valence-corrected chi connectivity index (χ1v) is 9.54. The number of hydrogen-bond donors (Lipinski definition) is 3. The van der Waals surface area contributed by atoms with Crippen molar-refractivity contribution in [3.8, 4) is 5.75 Å². The van der Waals surface area contributed by atoms with Gasteiger partial charge in [0, 0.05) is 12.7 Å². The van der Waals surface area contributed by atoms with Crippen molar-refractivity contribution in [3.63, 3.8) is 0 Å². The number of carbonyl (C=O) groups is 1. The molecule has 0 spiro atoms. The second-order valence-electron chi connectivity index (χ2n) is 6.63. The highest BCUT2D eigenvalue weighted by molar-refractivity contribution is 7.91. The average molecular weight is 433 g/mol. The van der Waals surface area contributed by atoms with Crippen LogP contribution in [0.2, 0.25) is 0 Å². The Labute approximate surface area is 164 Å². The summed E-state index contributed by atoms with van der Waals surface area (Å²) in [7, 11) is -4.15. The van der Waals surface area contributed by atoms with Crippen LogP contribution in [0.3, 0.4) is 0 Å². The minimum Gasteiger partial charge on any atom is -0.406 e. The van der Waals surface area contributed by atoms with Crippen LogP contribution in [0.1, 0.15) is 24.3 Å². The Kier molecular flexibility index (Phi) is 6.09. The molecule has 0 aliphatic carbocycles. The summed E-state index contributed by atoms with van der Waals surface area (Å²) in [5.74, 6) is -1.28. The van der Waals surface area contributed by atoms with Crippen LogP contribution in [0.4, 0.5) is 18.9 Å². The molecule has 0 bridgehead atoms. The van der Waals surface area contributed by atoms with Crippen molar-refractivity contribution in [2.24, 2.45) is 0 Å². The maximum Gasteiger partial charge on any atom is 0.573 e. The molecule has 1 amide bonds. The molecule has 12 heteroatoms. The molecule has 2 rings (SSSR count). The molecule has 4 N–H and O–H groups in total. The summed E-state index contributed by atoms with van der Waals surface area (Å²) in [5.41, 5.74) is 4.10. The molecule has 1 heterocycles. The fraction of sp³-hybridized carbons (Fsp3) is 0.294. The number of anilines is 1. The molecule has 0 radical (unpaired) electrons. The fourth-order valence-corrected chi connectivity index (χ4v) is 3.38. The third-order valence-electron chi connectivity index (χ3n) is 3.47. The maximum atomic E-state index is 12.6. The minimum absolute atomic E-state index is 0.0840. The van der Waals surface area contributed by atoms with Crippen LogP contribution in [0.25, 0.3) is 0 Å². The van der Waals surface area contributed by atoms with Crippen LogP contribution < -0.4 is 15.8 Å². The predicted octanol–water partition coefficient (Wildman–Crippen LogP) is 1.90. The molecule has 2 aromatic rings. The molecule has 0 saturated carbocycles. The molecular weight excluding hydrogens is 415 g/mol. The number of sulfone groups is 1. The van der Waals surface area contributed by atoms with Gasteiger partial charge in [-0.15, -0.1) is 13.2 Å². The first kappa shape index (κ1) is 22.4. The Balaban J connectivity index is 2.25. The molecular formula is C17H18F3N3O5S. The number of alkyl halides is 3. The normalized spacial score (nSPS) is 12.5. The number of rotatable bonds is 6. The number of nitrogens with one attached hydrogen (secondary N) is 1. The first-order valence-electron chi connectivity index (χ1n) is 8.06. The fourth-order valence-electron chi connectivity index (χ4n) is 2.14. The van der Waals surface area contributed by atoms with Crippen molar-refractivity contribution in [1.82, 2.24) is 10.3 Å². The summed E-state index contributed by atoms with van der Waals surface area (Å²) in [6.45, 7) is 2.87. The van der Waals surface area contributed by atoms with Gasteiger partial charge in [-0.1, -0.05) is 0 Å². The van der Waals surface area contributed by atoms with Gasteiger partial charge in [0.1, 0.15) is 5.75 Å². The molecule has 0 atom stereocenters. The molecule has 8 nitrogen and oxygen atoms in total. The number of aromatic nitrogens is 1. The molecule has 158 valence electrons. The van der Waals surface area contributed by atoms with Crippen molar-refractivity contribution in [2.75, 3.05) is 12.3 Å². The summed E-state index contributed by atoms with van der Waals surface area (Å²) >= 11 is 0. The quantitative estimate of drug-likeness (QED) is 0.634. The number of pyridine rings is 1. The van der Waals surface area contributed by atoms with E-state index >= 15 is 0 Å². The van der Waals surface area contributed by atoms with Crippen LogP contribution in [0.15, 0.2) is 46.3 Å². The number of benzene rings is 1. The SMILES string of the molecule is CC(C)(O)CNC(=O)c1ncc(S(=O)(=O)c2ccc(OC(F)(F)F)cc2)cc1N. The zero-order valence-corrected chi connectivity index (χ0v) is 16.1. The number of ether oxygens (including phenoxy) is 1. The minimum atomic E-state index is -4.90. The molecule has 0 fully saturated rings. The van der Waals surface area contributed by atoms with Crippen LogP contribution >= 0.6 is 0 Å². The van der Waals surface area contributed by atoms with Crippen molar-refractivity contribution >= 4 is 21.4 Å². The van der Waals surface area contributed by atoms with Crippen molar-refractivity contribution < 1.29 is 36.2 Å². The Morgan fingerprint density at radius 1 is 1.21 bits per heavy atom. The van der Waals surface area contributed by atoms with Gasteiger partial charge < -0.3 is 20.9 Å². The van der Waals surface area contributed by atoms with Gasteiger partial charge in [0.2, 0.25) is 9.84 Å². The van der Waals surface area contributed by atoms with Crippen molar-refractivity contribution in [3.05, 3.63) is 42.2 Å². The van der Waals surface area contributed by atoms with E-state index in [0.29, 0.717) is 0 Å². The van der Waals surface area contributed by atoms with Gasteiger partial charge in [0.15, 0.2) is 5.69 Å². The van der Waals surface area contributed by atoms with E-state index in [1.165, 1.54) is 13.8 Å². The Morgan fingerprint density at radius 3 is 2.28 bits per heavy atom. The van der Waals surface area contributed by atoms with Crippen LogP contribution in [0.5, 0.6) is 5.75 Å². The molecule has 1 aromatic heterocycles. The van der Waals surface area contributed by atoms with Crippen molar-refractivity contribution in [2.45, 2.75) is 35.6 Å². The number of amides is 1. The Morgan fingerprint density at radius 2 is 1.79 bits per heavy atom. The van der Waals surface area contributed by atoms with E-state index < -0.39 is 33.5 Å². The first-order chi connectivity index (χ1) is 13.2. The van der Waals surface area contributed by atoms with Gasteiger partial charge in [-0.2, -0.15) is 0 Å². The third kappa shape index (κ3) is 6.06. The highest BCUT2D eigenvalue weighted by Gasteiger charge is 2.31. The standard InChI is InChI=1S/C17H18F3N3O5S/c1-16(2,25)9-23-15(24)14-13(21)7-12(8-22-14)29(26,27)11-5-3-10(4-6-11)28-17(18,19)20/h3-8,25H,9,21H2,1-2H3,(H,23,24). The number of nitrogen functional groups attached to an aromatic ring is 1. The monoisotopic (exact) mass is 433 g/mol. The average Bonchev–Trinajstić information content (AvgIpc) is 2.58. The lowest BCUT2D eigenvalue weighted by atomic mass is 10.1. The molecule has 29 heavy (non-hydrogen) atoms. The number of halogens is 3. The van der Waals surface area contributed by atoms with Gasteiger partial charge in [0.05, 0.1) is 21.1 Å². The maximum absolute atomic E-state index is 12.6. The summed E-state index contributed by atoms with van der Waals surface area (Å²) in [4.78, 5) is 15.2. The van der Waals surface area contributed by atoms with E-state index in [4.69, 9.17) is 5.73 Å². The van der Waals surface area contributed by atoms with E-state index in [1.807, 2.05) is 0 Å². The summed E-state index contributed by atoms with van der Waals surface area (Å²) < 4.78 is 65.5. The van der Waals surface area contributed by atoms with Crippen LogP contribution in [-0.4, -0.2) is 42.9 Å². The van der Waals surface area contributed by atoms with Gasteiger partial charge in [-0.25, -0.2) is 13.4 Å². The van der Waals surface area contributed by atoms with E-state index in [9.17, 15) is 31.5 Å². The number of nitrogens with two attached hydrogens (primary N) is 1. The number of nitrogens with zero attached hydrogens (tertiary/aromatic N) is 1. The van der Waals surface area contributed by atoms with E-state index in [2.05, 4.69) is 15.0 Å². The van der Waals surface area contributed by atoms with Gasteiger partial charge >= 0.3 is 6.36 Å². The molecule has 0 aliphatic rings. The molecule has 0 unspecified atom stereocenters. The summed E-state index contributed by atoms with van der Waals surface area (Å²) in [6.07, 6.45) is -3.99. The lowest BCUT2D eigenvalue weighted by molar-refractivity contribution is -0.274. The van der Waals surface area contributed by atoms with Crippen LogP contribution in [-0.2, 0) is 9.84 Å². The van der Waals surface area contributed by atoms with Gasteiger partial charge in [-0.3, -0.25) is 4.79 Å². The molecule has 0 saturated heterocycles. The van der Waals surface area contributed by atoms with Gasteiger partial charge in [0.25, 0.3) is 5.91 Å². The lowest BCUT2D eigenvalue weighted by Crippen LogP contribution is -2.38. The Hall–Kier alpha value is -2.86. The highest BCUT2D eigenvalue weighted by atomic mass is 32.2. The number of hydrogen-bond acceptors (Lipinski definition) is 7.